The summed E-state index contributed by atoms with van der Waals surface area (Å²) in [6.07, 6.45) is 1.68. The largest absolute Gasteiger partial charge is 0.464 e. The lowest BCUT2D eigenvalue weighted by molar-refractivity contribution is 0.616. The van der Waals surface area contributed by atoms with Gasteiger partial charge in [-0.3, -0.25) is 0 Å². The van der Waals surface area contributed by atoms with E-state index in [1.54, 1.807) is 6.26 Å². The van der Waals surface area contributed by atoms with Crippen molar-refractivity contribution in [2.75, 3.05) is 0 Å². The number of rotatable bonds is 0. The van der Waals surface area contributed by atoms with Crippen LogP contribution in [-0.2, 0) is 0 Å². The van der Waals surface area contributed by atoms with Gasteiger partial charge in [-0.15, -0.1) is 0 Å². The van der Waals surface area contributed by atoms with E-state index in [9.17, 15) is 0 Å². The molecule has 1 aromatic carbocycles. The summed E-state index contributed by atoms with van der Waals surface area (Å²) in [6, 6.07) is 7.80. The van der Waals surface area contributed by atoms with Crippen LogP contribution in [0.15, 0.2) is 34.9 Å². The Morgan fingerprint density at radius 3 is 3.00 bits per heavy atom. The maximum Gasteiger partial charge on any atom is 0.133 e. The monoisotopic (exact) mass is 131 g/mol. The van der Waals surface area contributed by atoms with Crippen LogP contribution in [0, 0.1) is 6.92 Å². The van der Waals surface area contributed by atoms with Crippen molar-refractivity contribution in [3.05, 3.63) is 43.0 Å². The molecule has 2 aromatic rings. The molecule has 1 heterocycles. The first-order chi connectivity index (χ1) is 4.86. The topological polar surface area (TPSA) is 13.1 Å². The molecule has 0 bridgehead atoms. The standard InChI is InChI=1S/C9H7O/c1-7-2-3-9-8(6-7)4-5-10-9/h2-6H,1H2. The summed E-state index contributed by atoms with van der Waals surface area (Å²) in [5.74, 6) is 0. The number of benzene rings is 1. The Kier molecular flexibility index (Phi) is 1.04. The Balaban J connectivity index is 2.86. The molecule has 0 aliphatic carbocycles. The minimum absolute atomic E-state index is 0.924. The van der Waals surface area contributed by atoms with E-state index in [0.717, 1.165) is 16.5 Å². The predicted octanol–water partition coefficient (Wildman–Crippen LogP) is 2.61. The molecule has 1 nitrogen and oxygen atoms in total. The van der Waals surface area contributed by atoms with E-state index in [2.05, 4.69) is 6.92 Å². The van der Waals surface area contributed by atoms with E-state index < -0.39 is 0 Å². The van der Waals surface area contributed by atoms with E-state index in [1.807, 2.05) is 24.3 Å². The summed E-state index contributed by atoms with van der Waals surface area (Å²) >= 11 is 0. The zero-order chi connectivity index (χ0) is 6.97. The first-order valence-electron chi connectivity index (χ1n) is 3.15. The van der Waals surface area contributed by atoms with E-state index in [-0.39, 0.29) is 0 Å². The highest BCUT2D eigenvalue weighted by Crippen LogP contribution is 2.15. The summed E-state index contributed by atoms with van der Waals surface area (Å²) in [5, 5.41) is 1.12. The SMILES string of the molecule is [CH2]c1ccc2occc2c1. The average Bonchev–Trinajstić information content (AvgIpc) is 2.33. The van der Waals surface area contributed by atoms with Crippen LogP contribution in [0.2, 0.25) is 0 Å². The molecule has 0 aliphatic rings. The van der Waals surface area contributed by atoms with Gasteiger partial charge in [0, 0.05) is 5.39 Å². The third-order valence-electron chi connectivity index (χ3n) is 1.52. The van der Waals surface area contributed by atoms with Crippen LogP contribution in [0.4, 0.5) is 0 Å². The van der Waals surface area contributed by atoms with Gasteiger partial charge >= 0.3 is 0 Å². The van der Waals surface area contributed by atoms with Crippen LogP contribution in [0.3, 0.4) is 0 Å². The second-order valence-corrected chi connectivity index (χ2v) is 2.29. The quantitative estimate of drug-likeness (QED) is 0.535. The van der Waals surface area contributed by atoms with Crippen molar-refractivity contribution in [2.45, 2.75) is 0 Å². The van der Waals surface area contributed by atoms with Crippen molar-refractivity contribution < 1.29 is 4.42 Å². The zero-order valence-electron chi connectivity index (χ0n) is 5.50. The molecule has 1 aromatic heterocycles. The second-order valence-electron chi connectivity index (χ2n) is 2.29. The van der Waals surface area contributed by atoms with E-state index in [0.29, 0.717) is 0 Å². The van der Waals surface area contributed by atoms with Gasteiger partial charge in [0.25, 0.3) is 0 Å². The first-order valence-corrected chi connectivity index (χ1v) is 3.15. The van der Waals surface area contributed by atoms with Gasteiger partial charge in [-0.05, 0) is 30.7 Å². The second kappa shape index (κ2) is 1.87. The normalized spacial score (nSPS) is 10.5. The van der Waals surface area contributed by atoms with Crippen molar-refractivity contribution in [2.24, 2.45) is 0 Å². The van der Waals surface area contributed by atoms with E-state index in [1.165, 1.54) is 0 Å². The molecule has 0 aliphatic heterocycles. The van der Waals surface area contributed by atoms with Gasteiger partial charge in [-0.1, -0.05) is 6.07 Å². The molecule has 10 heavy (non-hydrogen) atoms. The van der Waals surface area contributed by atoms with Crippen molar-refractivity contribution in [3.63, 3.8) is 0 Å². The first kappa shape index (κ1) is 5.54. The summed E-state index contributed by atoms with van der Waals surface area (Å²) < 4.78 is 5.15. The van der Waals surface area contributed by atoms with Crippen LogP contribution >= 0.6 is 0 Å². The third-order valence-corrected chi connectivity index (χ3v) is 1.52. The maximum atomic E-state index is 5.15. The Bertz CT molecular complexity index is 346. The van der Waals surface area contributed by atoms with Gasteiger partial charge in [0.15, 0.2) is 0 Å². The Labute approximate surface area is 59.3 Å². The highest BCUT2D eigenvalue weighted by atomic mass is 16.3. The highest BCUT2D eigenvalue weighted by Gasteiger charge is 1.93. The number of fused-ring (bicyclic) bond motifs is 1. The minimum atomic E-state index is 0.924. The van der Waals surface area contributed by atoms with Gasteiger partial charge in [-0.25, -0.2) is 0 Å². The predicted molar refractivity (Wildman–Crippen MR) is 40.7 cm³/mol. The van der Waals surface area contributed by atoms with Crippen molar-refractivity contribution in [3.8, 4) is 0 Å². The Hall–Kier alpha value is -1.24. The number of furan rings is 1. The molecule has 0 fully saturated rings. The molecule has 0 saturated heterocycles. The van der Waals surface area contributed by atoms with Crippen LogP contribution in [0.25, 0.3) is 11.0 Å². The Morgan fingerprint density at radius 2 is 2.10 bits per heavy atom. The minimum Gasteiger partial charge on any atom is -0.464 e. The van der Waals surface area contributed by atoms with Crippen LogP contribution in [0.1, 0.15) is 5.56 Å². The molecule has 1 radical (unpaired) electrons. The fourth-order valence-electron chi connectivity index (χ4n) is 1.02. The molecule has 0 atom stereocenters. The fraction of sp³-hybridized carbons (Fsp3) is 0. The maximum absolute atomic E-state index is 5.15. The summed E-state index contributed by atoms with van der Waals surface area (Å²) in [7, 11) is 0. The number of hydrogen-bond donors (Lipinski definition) is 0. The molecule has 0 unspecified atom stereocenters. The van der Waals surface area contributed by atoms with Gasteiger partial charge in [0.2, 0.25) is 0 Å². The highest BCUT2D eigenvalue weighted by molar-refractivity contribution is 5.77. The molecule has 1 heteroatoms. The molecular weight excluding hydrogens is 124 g/mol. The smallest absolute Gasteiger partial charge is 0.133 e. The molecular formula is C9H7O. The molecule has 0 saturated carbocycles. The van der Waals surface area contributed by atoms with Gasteiger partial charge < -0.3 is 4.42 Å². The fourth-order valence-corrected chi connectivity index (χ4v) is 1.02. The van der Waals surface area contributed by atoms with Crippen molar-refractivity contribution in [1.29, 1.82) is 0 Å². The zero-order valence-corrected chi connectivity index (χ0v) is 5.50. The number of hydrogen-bond acceptors (Lipinski definition) is 1. The van der Waals surface area contributed by atoms with Crippen LogP contribution < -0.4 is 0 Å². The third kappa shape index (κ3) is 0.711. The summed E-state index contributed by atoms with van der Waals surface area (Å²) in [4.78, 5) is 0. The van der Waals surface area contributed by atoms with Crippen molar-refractivity contribution in [1.82, 2.24) is 0 Å². The van der Waals surface area contributed by atoms with Gasteiger partial charge in [0.05, 0.1) is 6.26 Å². The molecule has 2 rings (SSSR count). The lowest BCUT2D eigenvalue weighted by atomic mass is 10.2. The van der Waals surface area contributed by atoms with E-state index in [4.69, 9.17) is 4.42 Å². The summed E-state index contributed by atoms with van der Waals surface area (Å²) in [6.45, 7) is 3.81. The van der Waals surface area contributed by atoms with E-state index >= 15 is 0 Å². The average molecular weight is 131 g/mol. The van der Waals surface area contributed by atoms with Gasteiger partial charge in [0.1, 0.15) is 5.58 Å². The Morgan fingerprint density at radius 1 is 1.20 bits per heavy atom. The van der Waals surface area contributed by atoms with Crippen LogP contribution in [-0.4, -0.2) is 0 Å². The van der Waals surface area contributed by atoms with Crippen molar-refractivity contribution >= 4 is 11.0 Å². The van der Waals surface area contributed by atoms with Crippen LogP contribution in [0.5, 0.6) is 0 Å². The van der Waals surface area contributed by atoms with Gasteiger partial charge in [-0.2, -0.15) is 0 Å². The summed E-state index contributed by atoms with van der Waals surface area (Å²) in [5.41, 5.74) is 1.95. The molecule has 0 spiro atoms. The molecule has 49 valence electrons. The molecule has 0 N–H and O–H groups in total. The molecule has 0 amide bonds. The lowest BCUT2D eigenvalue weighted by Crippen LogP contribution is -1.67. The lowest BCUT2D eigenvalue weighted by Gasteiger charge is -1.88.